The zero-order valence-corrected chi connectivity index (χ0v) is 17.3. The Morgan fingerprint density at radius 3 is 2.62 bits per heavy atom. The van der Waals surface area contributed by atoms with E-state index in [2.05, 4.69) is 25.6 Å². The van der Waals surface area contributed by atoms with Crippen LogP contribution < -0.4 is 15.4 Å². The highest BCUT2D eigenvalue weighted by Crippen LogP contribution is 2.21. The number of benzene rings is 1. The average Bonchev–Trinajstić information content (AvgIpc) is 3.13. The molecule has 0 aliphatic heterocycles. The summed E-state index contributed by atoms with van der Waals surface area (Å²) >= 11 is 5.87. The van der Waals surface area contributed by atoms with Gasteiger partial charge in [-0.1, -0.05) is 11.6 Å². The molecule has 0 aliphatic carbocycles. The number of carbonyl (C=O) groups is 1. The quantitative estimate of drug-likeness (QED) is 0.550. The smallest absolute Gasteiger partial charge is 0.263 e. The monoisotopic (exact) mass is 414 g/mol. The molecule has 0 saturated carbocycles. The number of anilines is 1. The molecule has 0 aliphatic rings. The number of nitrogens with zero attached hydrogens (tertiary/aromatic N) is 4. The molecule has 2 N–H and O–H groups in total. The third-order valence-corrected chi connectivity index (χ3v) is 4.43. The fraction of sp³-hybridized carbons (Fsp3) is 0.300. The van der Waals surface area contributed by atoms with Crippen molar-refractivity contribution in [3.63, 3.8) is 0 Å². The number of aromatic nitrogens is 4. The van der Waals surface area contributed by atoms with Gasteiger partial charge >= 0.3 is 0 Å². The topological polar surface area (TPSA) is 94.0 Å². The lowest BCUT2D eigenvalue weighted by molar-refractivity contribution is -0.134. The minimum absolute atomic E-state index is 0.216. The molecule has 2 aromatic heterocycles. The van der Waals surface area contributed by atoms with Crippen LogP contribution in [-0.2, 0) is 4.79 Å². The fourth-order valence-electron chi connectivity index (χ4n) is 2.62. The molecule has 1 amide bonds. The predicted octanol–water partition coefficient (Wildman–Crippen LogP) is 3.01. The zero-order chi connectivity index (χ0) is 20.9. The third-order valence-electron chi connectivity index (χ3n) is 4.18. The first-order chi connectivity index (χ1) is 13.8. The molecule has 9 heteroatoms. The normalized spacial score (nSPS) is 11.2. The van der Waals surface area contributed by atoms with E-state index in [9.17, 15) is 4.79 Å². The highest BCUT2D eigenvalue weighted by atomic mass is 35.5. The van der Waals surface area contributed by atoms with E-state index in [4.69, 9.17) is 16.3 Å². The van der Waals surface area contributed by atoms with E-state index in [0.29, 0.717) is 29.7 Å². The van der Waals surface area contributed by atoms with Gasteiger partial charge in [-0.2, -0.15) is 0 Å². The van der Waals surface area contributed by atoms with Crippen LogP contribution >= 0.6 is 11.6 Å². The van der Waals surface area contributed by atoms with Crippen LogP contribution in [0.1, 0.15) is 19.7 Å². The van der Waals surface area contributed by atoms with Crippen LogP contribution in [0.3, 0.4) is 0 Å². The molecular weight excluding hydrogens is 392 g/mol. The van der Waals surface area contributed by atoms with Gasteiger partial charge in [-0.3, -0.25) is 9.36 Å². The first kappa shape index (κ1) is 20.6. The number of carbonyl (C=O) groups excluding carboxylic acids is 1. The Morgan fingerprint density at radius 2 is 1.93 bits per heavy atom. The van der Waals surface area contributed by atoms with Crippen molar-refractivity contribution in [3.8, 4) is 11.6 Å². The highest BCUT2D eigenvalue weighted by Gasteiger charge is 2.29. The number of rotatable bonds is 8. The third kappa shape index (κ3) is 5.45. The molecule has 152 valence electrons. The Bertz CT molecular complexity index is 971. The first-order valence-corrected chi connectivity index (χ1v) is 9.52. The lowest BCUT2D eigenvalue weighted by atomic mass is 10.1. The van der Waals surface area contributed by atoms with Crippen LogP contribution in [-0.4, -0.2) is 44.1 Å². The molecule has 0 saturated heterocycles. The second-order valence-electron chi connectivity index (χ2n) is 6.85. The molecule has 0 unspecified atom stereocenters. The van der Waals surface area contributed by atoms with E-state index in [1.807, 2.05) is 23.8 Å². The Kier molecular flexibility index (Phi) is 6.33. The van der Waals surface area contributed by atoms with E-state index in [1.54, 1.807) is 44.3 Å². The number of hydrogen-bond donors (Lipinski definition) is 2. The van der Waals surface area contributed by atoms with Crippen molar-refractivity contribution in [2.75, 3.05) is 18.4 Å². The second kappa shape index (κ2) is 8.91. The summed E-state index contributed by atoms with van der Waals surface area (Å²) in [6.07, 6.45) is 5.04. The molecule has 0 bridgehead atoms. The maximum atomic E-state index is 12.5. The molecule has 3 aromatic rings. The van der Waals surface area contributed by atoms with Crippen molar-refractivity contribution < 1.29 is 9.53 Å². The van der Waals surface area contributed by atoms with Crippen LogP contribution in [0.5, 0.6) is 5.75 Å². The summed E-state index contributed by atoms with van der Waals surface area (Å²) in [7, 11) is 0. The molecule has 1 aromatic carbocycles. The fourth-order valence-corrected chi connectivity index (χ4v) is 2.74. The summed E-state index contributed by atoms with van der Waals surface area (Å²) in [6.45, 7) is 6.25. The van der Waals surface area contributed by atoms with Gasteiger partial charge in [-0.05, 0) is 45.0 Å². The number of amides is 1. The number of imidazole rings is 1. The van der Waals surface area contributed by atoms with E-state index in [1.165, 1.54) is 6.33 Å². The van der Waals surface area contributed by atoms with Gasteiger partial charge in [0.15, 0.2) is 5.60 Å². The number of halogens is 1. The summed E-state index contributed by atoms with van der Waals surface area (Å²) in [5.41, 5.74) is -1.02. The van der Waals surface area contributed by atoms with Crippen LogP contribution in [0.25, 0.3) is 5.82 Å². The van der Waals surface area contributed by atoms with E-state index in [0.717, 1.165) is 11.6 Å². The number of ether oxygens (including phenoxy) is 1. The summed E-state index contributed by atoms with van der Waals surface area (Å²) in [6, 6.07) is 8.72. The average molecular weight is 415 g/mol. The Balaban J connectivity index is 1.49. The van der Waals surface area contributed by atoms with E-state index in [-0.39, 0.29) is 5.91 Å². The van der Waals surface area contributed by atoms with Crippen LogP contribution in [0.4, 0.5) is 5.82 Å². The van der Waals surface area contributed by atoms with Crippen molar-refractivity contribution in [1.82, 2.24) is 24.8 Å². The summed E-state index contributed by atoms with van der Waals surface area (Å²) in [4.78, 5) is 25.1. The van der Waals surface area contributed by atoms with Crippen molar-refractivity contribution in [2.45, 2.75) is 26.4 Å². The van der Waals surface area contributed by atoms with Gasteiger partial charge in [0.1, 0.15) is 29.5 Å². The molecule has 3 rings (SSSR count). The summed E-state index contributed by atoms with van der Waals surface area (Å²) in [5.74, 6) is 2.58. The molecule has 0 spiro atoms. The van der Waals surface area contributed by atoms with Crippen molar-refractivity contribution >= 4 is 23.3 Å². The lowest BCUT2D eigenvalue weighted by Crippen LogP contribution is -2.47. The largest absolute Gasteiger partial charge is 0.478 e. The molecule has 2 heterocycles. The highest BCUT2D eigenvalue weighted by molar-refractivity contribution is 6.30. The maximum Gasteiger partial charge on any atom is 0.263 e. The Hall–Kier alpha value is -3.13. The van der Waals surface area contributed by atoms with Gasteiger partial charge in [-0.25, -0.2) is 15.0 Å². The molecular formula is C20H23ClN6O2. The van der Waals surface area contributed by atoms with Crippen LogP contribution in [0.2, 0.25) is 5.02 Å². The lowest BCUT2D eigenvalue weighted by Gasteiger charge is -2.25. The number of aryl methyl sites for hydroxylation is 1. The standard InChI is InChI=1S/C20H23ClN6O2/c1-14-22-10-11-27(14)18-12-17(25-13-26-18)23-8-9-24-19(28)20(2,3)29-16-6-4-15(21)5-7-16/h4-7,10-13H,8-9H2,1-3H3,(H,24,28)(H,23,25,26). The van der Waals surface area contributed by atoms with Gasteiger partial charge in [0.2, 0.25) is 0 Å². The maximum absolute atomic E-state index is 12.5. The molecule has 0 atom stereocenters. The van der Waals surface area contributed by atoms with Gasteiger partial charge in [0.05, 0.1) is 0 Å². The van der Waals surface area contributed by atoms with Gasteiger partial charge in [0, 0.05) is 36.6 Å². The molecule has 8 nitrogen and oxygen atoms in total. The van der Waals surface area contributed by atoms with Crippen molar-refractivity contribution in [3.05, 3.63) is 59.9 Å². The van der Waals surface area contributed by atoms with Gasteiger partial charge in [-0.15, -0.1) is 0 Å². The van der Waals surface area contributed by atoms with Crippen molar-refractivity contribution in [1.29, 1.82) is 0 Å². The van der Waals surface area contributed by atoms with Crippen molar-refractivity contribution in [2.24, 2.45) is 0 Å². The predicted molar refractivity (Wildman–Crippen MR) is 112 cm³/mol. The molecule has 29 heavy (non-hydrogen) atoms. The second-order valence-corrected chi connectivity index (χ2v) is 7.29. The summed E-state index contributed by atoms with van der Waals surface area (Å²) < 4.78 is 7.65. The van der Waals surface area contributed by atoms with Crippen LogP contribution in [0, 0.1) is 6.92 Å². The number of nitrogens with one attached hydrogen (secondary N) is 2. The zero-order valence-electron chi connectivity index (χ0n) is 16.5. The molecule has 0 fully saturated rings. The van der Waals surface area contributed by atoms with Crippen LogP contribution in [0.15, 0.2) is 49.1 Å². The van der Waals surface area contributed by atoms with E-state index >= 15 is 0 Å². The number of hydrogen-bond acceptors (Lipinski definition) is 6. The molecule has 0 radical (unpaired) electrons. The Morgan fingerprint density at radius 1 is 1.17 bits per heavy atom. The minimum Gasteiger partial charge on any atom is -0.478 e. The first-order valence-electron chi connectivity index (χ1n) is 9.14. The Labute approximate surface area is 174 Å². The van der Waals surface area contributed by atoms with Gasteiger partial charge < -0.3 is 15.4 Å². The summed E-state index contributed by atoms with van der Waals surface area (Å²) in [5, 5.41) is 6.65. The minimum atomic E-state index is -1.02. The van der Waals surface area contributed by atoms with Gasteiger partial charge in [0.25, 0.3) is 5.91 Å². The SMILES string of the molecule is Cc1nccn1-c1cc(NCCNC(=O)C(C)(C)Oc2ccc(Cl)cc2)ncn1. The van der Waals surface area contributed by atoms with E-state index < -0.39 is 5.60 Å².